The first-order valence-electron chi connectivity index (χ1n) is 8.17. The van der Waals surface area contributed by atoms with Gasteiger partial charge in [-0.1, -0.05) is 26.0 Å². The standard InChI is InChI=1S/C18H26N2O3/c1-5-19-12-17(21)20(16(18(19)22)9-13(2)3)11-14-7-6-8-15(10-14)23-4/h6-8,10,13,16H,5,9,11-12H2,1-4H3/t16-/m0/s1. The molecule has 0 radical (unpaired) electrons. The Morgan fingerprint density at radius 2 is 2.04 bits per heavy atom. The topological polar surface area (TPSA) is 49.9 Å². The smallest absolute Gasteiger partial charge is 0.245 e. The number of hydrogen-bond acceptors (Lipinski definition) is 3. The Kier molecular flexibility index (Phi) is 5.64. The molecule has 1 aliphatic heterocycles. The largest absolute Gasteiger partial charge is 0.497 e. The average molecular weight is 318 g/mol. The molecule has 23 heavy (non-hydrogen) atoms. The van der Waals surface area contributed by atoms with Gasteiger partial charge in [0, 0.05) is 13.1 Å². The van der Waals surface area contributed by atoms with Gasteiger partial charge in [0.15, 0.2) is 0 Å². The quantitative estimate of drug-likeness (QED) is 0.809. The molecule has 0 spiro atoms. The fraction of sp³-hybridized carbons (Fsp3) is 0.556. The number of amides is 2. The highest BCUT2D eigenvalue weighted by Gasteiger charge is 2.38. The first kappa shape index (κ1) is 17.3. The number of ether oxygens (including phenoxy) is 1. The van der Waals surface area contributed by atoms with E-state index in [4.69, 9.17) is 4.74 Å². The molecule has 1 fully saturated rings. The van der Waals surface area contributed by atoms with Crippen LogP contribution in [0.3, 0.4) is 0 Å². The maximum absolute atomic E-state index is 12.7. The number of likely N-dealkylation sites (N-methyl/N-ethyl adjacent to an activating group) is 1. The van der Waals surface area contributed by atoms with E-state index in [0.29, 0.717) is 25.4 Å². The Hall–Kier alpha value is -2.04. The van der Waals surface area contributed by atoms with Crippen LogP contribution >= 0.6 is 0 Å². The number of methoxy groups -OCH3 is 1. The van der Waals surface area contributed by atoms with E-state index in [2.05, 4.69) is 13.8 Å². The van der Waals surface area contributed by atoms with Gasteiger partial charge in [-0.2, -0.15) is 0 Å². The molecule has 5 heteroatoms. The third kappa shape index (κ3) is 4.03. The monoisotopic (exact) mass is 318 g/mol. The fourth-order valence-corrected chi connectivity index (χ4v) is 2.96. The van der Waals surface area contributed by atoms with Crippen LogP contribution < -0.4 is 4.74 Å². The van der Waals surface area contributed by atoms with Gasteiger partial charge in [0.25, 0.3) is 0 Å². The molecule has 0 bridgehead atoms. The van der Waals surface area contributed by atoms with Gasteiger partial charge in [-0.15, -0.1) is 0 Å². The minimum Gasteiger partial charge on any atom is -0.497 e. The van der Waals surface area contributed by atoms with E-state index in [1.54, 1.807) is 16.9 Å². The molecule has 1 atom stereocenters. The summed E-state index contributed by atoms with van der Waals surface area (Å²) in [5.74, 6) is 1.18. The first-order chi connectivity index (χ1) is 11.0. The van der Waals surface area contributed by atoms with Crippen LogP contribution in [0.4, 0.5) is 0 Å². The summed E-state index contributed by atoms with van der Waals surface area (Å²) in [7, 11) is 1.62. The predicted molar refractivity (Wildman–Crippen MR) is 89.0 cm³/mol. The van der Waals surface area contributed by atoms with Crippen molar-refractivity contribution >= 4 is 11.8 Å². The van der Waals surface area contributed by atoms with Crippen LogP contribution in [0, 0.1) is 5.92 Å². The van der Waals surface area contributed by atoms with Crippen LogP contribution in [0.25, 0.3) is 0 Å². The first-order valence-corrected chi connectivity index (χ1v) is 8.17. The molecule has 126 valence electrons. The fourth-order valence-electron chi connectivity index (χ4n) is 2.96. The minimum absolute atomic E-state index is 0.0138. The summed E-state index contributed by atoms with van der Waals surface area (Å²) in [6.45, 7) is 7.25. The van der Waals surface area contributed by atoms with Crippen molar-refractivity contribution in [2.24, 2.45) is 5.92 Å². The van der Waals surface area contributed by atoms with Crippen molar-refractivity contribution in [2.75, 3.05) is 20.2 Å². The second-order valence-electron chi connectivity index (χ2n) is 6.37. The number of rotatable bonds is 6. The zero-order valence-electron chi connectivity index (χ0n) is 14.4. The Bertz CT molecular complexity index is 571. The number of benzene rings is 1. The lowest BCUT2D eigenvalue weighted by Crippen LogP contribution is -2.59. The summed E-state index contributed by atoms with van der Waals surface area (Å²) in [5.41, 5.74) is 0.976. The molecule has 2 rings (SSSR count). The van der Waals surface area contributed by atoms with Gasteiger partial charge in [0.2, 0.25) is 11.8 Å². The van der Waals surface area contributed by atoms with Crippen LogP contribution in [0.2, 0.25) is 0 Å². The van der Waals surface area contributed by atoms with E-state index in [9.17, 15) is 9.59 Å². The minimum atomic E-state index is -0.373. The summed E-state index contributed by atoms with van der Waals surface area (Å²) in [5, 5.41) is 0. The molecule has 2 amide bonds. The normalized spacial score (nSPS) is 18.7. The number of piperazine rings is 1. The third-order valence-electron chi connectivity index (χ3n) is 4.18. The maximum Gasteiger partial charge on any atom is 0.245 e. The summed E-state index contributed by atoms with van der Waals surface area (Å²) in [6.07, 6.45) is 0.686. The molecule has 5 nitrogen and oxygen atoms in total. The molecule has 0 unspecified atom stereocenters. The van der Waals surface area contributed by atoms with Gasteiger partial charge in [0.05, 0.1) is 13.7 Å². The van der Waals surface area contributed by atoms with E-state index in [-0.39, 0.29) is 24.4 Å². The van der Waals surface area contributed by atoms with E-state index in [0.717, 1.165) is 11.3 Å². The highest BCUT2D eigenvalue weighted by atomic mass is 16.5. The highest BCUT2D eigenvalue weighted by molar-refractivity contribution is 5.94. The Morgan fingerprint density at radius 1 is 1.30 bits per heavy atom. The van der Waals surface area contributed by atoms with Gasteiger partial charge < -0.3 is 14.5 Å². The molecule has 0 N–H and O–H groups in total. The molecular weight excluding hydrogens is 292 g/mol. The summed E-state index contributed by atoms with van der Waals surface area (Å²) in [4.78, 5) is 28.6. The number of carbonyl (C=O) groups is 2. The molecular formula is C18H26N2O3. The maximum atomic E-state index is 12.7. The Morgan fingerprint density at radius 3 is 2.65 bits per heavy atom. The van der Waals surface area contributed by atoms with Crippen LogP contribution in [0.15, 0.2) is 24.3 Å². The lowest BCUT2D eigenvalue weighted by Gasteiger charge is -2.40. The van der Waals surface area contributed by atoms with E-state index >= 15 is 0 Å². The van der Waals surface area contributed by atoms with Crippen LogP contribution in [-0.2, 0) is 16.1 Å². The second kappa shape index (κ2) is 7.49. The van der Waals surface area contributed by atoms with Crippen molar-refractivity contribution in [1.29, 1.82) is 0 Å². The zero-order chi connectivity index (χ0) is 17.0. The van der Waals surface area contributed by atoms with E-state index in [1.165, 1.54) is 0 Å². The van der Waals surface area contributed by atoms with Gasteiger partial charge in [-0.05, 0) is 37.0 Å². The highest BCUT2D eigenvalue weighted by Crippen LogP contribution is 2.23. The summed E-state index contributed by atoms with van der Waals surface area (Å²) < 4.78 is 5.24. The lowest BCUT2D eigenvalue weighted by molar-refractivity contribution is -0.157. The Labute approximate surface area is 138 Å². The molecule has 0 aliphatic carbocycles. The SMILES string of the molecule is CCN1CC(=O)N(Cc2cccc(OC)c2)[C@@H](CC(C)C)C1=O. The van der Waals surface area contributed by atoms with Gasteiger partial charge in [0.1, 0.15) is 11.8 Å². The third-order valence-corrected chi connectivity index (χ3v) is 4.18. The number of nitrogens with zero attached hydrogens (tertiary/aromatic N) is 2. The zero-order valence-corrected chi connectivity index (χ0v) is 14.4. The summed E-state index contributed by atoms with van der Waals surface area (Å²) in [6, 6.07) is 7.27. The second-order valence-corrected chi connectivity index (χ2v) is 6.37. The van der Waals surface area contributed by atoms with Gasteiger partial charge >= 0.3 is 0 Å². The molecule has 1 aromatic carbocycles. The van der Waals surface area contributed by atoms with Crippen molar-refractivity contribution in [1.82, 2.24) is 9.80 Å². The number of carbonyl (C=O) groups excluding carboxylic acids is 2. The van der Waals surface area contributed by atoms with Crippen LogP contribution in [0.1, 0.15) is 32.8 Å². The van der Waals surface area contributed by atoms with Crippen molar-refractivity contribution in [2.45, 2.75) is 39.8 Å². The van der Waals surface area contributed by atoms with Gasteiger partial charge in [-0.25, -0.2) is 0 Å². The van der Waals surface area contributed by atoms with Crippen molar-refractivity contribution < 1.29 is 14.3 Å². The van der Waals surface area contributed by atoms with Crippen LogP contribution in [-0.4, -0.2) is 47.9 Å². The molecule has 0 saturated carbocycles. The number of hydrogen-bond donors (Lipinski definition) is 0. The predicted octanol–water partition coefficient (Wildman–Crippen LogP) is 2.30. The molecule has 1 saturated heterocycles. The van der Waals surface area contributed by atoms with Crippen molar-refractivity contribution in [3.8, 4) is 5.75 Å². The van der Waals surface area contributed by atoms with Gasteiger partial charge in [-0.3, -0.25) is 9.59 Å². The summed E-state index contributed by atoms with van der Waals surface area (Å²) >= 11 is 0. The molecule has 0 aromatic heterocycles. The lowest BCUT2D eigenvalue weighted by atomic mass is 9.98. The average Bonchev–Trinajstić information content (AvgIpc) is 2.53. The van der Waals surface area contributed by atoms with Crippen LogP contribution in [0.5, 0.6) is 5.75 Å². The van der Waals surface area contributed by atoms with E-state index < -0.39 is 0 Å². The molecule has 1 heterocycles. The van der Waals surface area contributed by atoms with Crippen molar-refractivity contribution in [3.63, 3.8) is 0 Å². The molecule has 1 aliphatic rings. The van der Waals surface area contributed by atoms with Crippen molar-refractivity contribution in [3.05, 3.63) is 29.8 Å². The Balaban J connectivity index is 2.24. The van der Waals surface area contributed by atoms with E-state index in [1.807, 2.05) is 31.2 Å². The molecule has 1 aromatic rings.